The van der Waals surface area contributed by atoms with Crippen molar-refractivity contribution in [1.82, 2.24) is 0 Å². The van der Waals surface area contributed by atoms with Crippen LogP contribution in [0.15, 0.2) is 0 Å². The lowest BCUT2D eigenvalue weighted by Crippen LogP contribution is -2.62. The third kappa shape index (κ3) is 5.94. The Bertz CT molecular complexity index is 586. The van der Waals surface area contributed by atoms with Gasteiger partial charge >= 0.3 is 7.60 Å². The van der Waals surface area contributed by atoms with Crippen molar-refractivity contribution in [2.45, 2.75) is 61.2 Å². The van der Waals surface area contributed by atoms with E-state index in [1.807, 2.05) is 0 Å². The number of aliphatic hydroxyl groups excluding tert-OH is 7. The molecule has 0 bridgehead atoms. The molecule has 0 aliphatic carbocycles. The van der Waals surface area contributed by atoms with Gasteiger partial charge in [0.25, 0.3) is 0 Å². The summed E-state index contributed by atoms with van der Waals surface area (Å²) in [7, 11) is -4.24. The van der Waals surface area contributed by atoms with Crippen molar-refractivity contribution in [3.8, 4) is 0 Å². The molecule has 0 saturated carbocycles. The number of hydrogen-bond donors (Lipinski definition) is 9. The molecule has 2 aliphatic heterocycles. The Morgan fingerprint density at radius 3 is 2.07 bits per heavy atom. The highest BCUT2D eigenvalue weighted by molar-refractivity contribution is 7.51. The molecule has 0 spiro atoms. The molecule has 2 heterocycles. The topological polar surface area (TPSA) is 236 Å². The number of ether oxygens (including phenoxy) is 4. The highest BCUT2D eigenvalue weighted by atomic mass is 31.2. The monoisotopic (exact) mass is 464 g/mol. The Labute approximate surface area is 171 Å². The highest BCUT2D eigenvalue weighted by Crippen LogP contribution is 2.37. The van der Waals surface area contributed by atoms with Crippen molar-refractivity contribution >= 4 is 7.60 Å². The van der Waals surface area contributed by atoms with E-state index < -0.39 is 88.4 Å². The Morgan fingerprint density at radius 2 is 1.53 bits per heavy atom. The van der Waals surface area contributed by atoms with Crippen LogP contribution in [0.5, 0.6) is 0 Å². The molecule has 9 N–H and O–H groups in total. The van der Waals surface area contributed by atoms with Crippen LogP contribution in [0, 0.1) is 0 Å². The van der Waals surface area contributed by atoms with Crippen molar-refractivity contribution < 1.29 is 69.0 Å². The summed E-state index contributed by atoms with van der Waals surface area (Å²) in [4.78, 5) is 17.7. The van der Waals surface area contributed by atoms with Crippen LogP contribution in [0.3, 0.4) is 0 Å². The second-order valence-electron chi connectivity index (χ2n) is 7.20. The highest BCUT2D eigenvalue weighted by Gasteiger charge is 2.58. The van der Waals surface area contributed by atoms with E-state index in [1.54, 1.807) is 0 Å². The van der Waals surface area contributed by atoms with E-state index in [1.165, 1.54) is 0 Å². The van der Waals surface area contributed by atoms with Crippen molar-refractivity contribution in [2.75, 3.05) is 32.6 Å². The molecule has 14 nitrogen and oxygen atoms in total. The SMILES string of the molecule is O=P(O)(O)CCCOC[C@@]1(O[C@H]2O[C@H](CO)[C@@H](O)[C@H](O)[C@H]2O)O[C@H](CO)[C@@H](O)[C@@H]1O. The molecule has 2 aliphatic rings. The first-order chi connectivity index (χ1) is 14.0. The van der Waals surface area contributed by atoms with Crippen molar-refractivity contribution in [3.05, 3.63) is 0 Å². The fraction of sp³-hybridized carbons (Fsp3) is 1.00. The van der Waals surface area contributed by atoms with Gasteiger partial charge in [0.05, 0.1) is 19.4 Å². The summed E-state index contributed by atoms with van der Waals surface area (Å²) < 4.78 is 32.3. The molecule has 0 unspecified atom stereocenters. The van der Waals surface area contributed by atoms with Gasteiger partial charge in [-0.15, -0.1) is 0 Å². The van der Waals surface area contributed by atoms with E-state index in [-0.39, 0.29) is 13.0 Å². The first kappa shape index (κ1) is 26.0. The van der Waals surface area contributed by atoms with Crippen molar-refractivity contribution in [1.29, 1.82) is 0 Å². The van der Waals surface area contributed by atoms with Gasteiger partial charge in [0.15, 0.2) is 6.29 Å². The average molecular weight is 464 g/mol. The van der Waals surface area contributed by atoms with Gasteiger partial charge in [0.1, 0.15) is 49.3 Å². The van der Waals surface area contributed by atoms with E-state index in [0.29, 0.717) is 0 Å². The van der Waals surface area contributed by atoms with Gasteiger partial charge in [-0.25, -0.2) is 0 Å². The Morgan fingerprint density at radius 1 is 0.900 bits per heavy atom. The van der Waals surface area contributed by atoms with Crippen molar-refractivity contribution in [2.24, 2.45) is 0 Å². The zero-order chi connectivity index (χ0) is 22.7. The smallest absolute Gasteiger partial charge is 0.325 e. The minimum atomic E-state index is -4.24. The van der Waals surface area contributed by atoms with Crippen LogP contribution in [0.25, 0.3) is 0 Å². The van der Waals surface area contributed by atoms with E-state index in [2.05, 4.69) is 0 Å². The minimum Gasteiger partial charge on any atom is -0.394 e. The fourth-order valence-electron chi connectivity index (χ4n) is 3.20. The van der Waals surface area contributed by atoms with Gasteiger partial charge < -0.3 is 64.5 Å². The molecule has 0 aromatic rings. The zero-order valence-electron chi connectivity index (χ0n) is 15.9. The normalized spacial score (nSPS) is 42.6. The van der Waals surface area contributed by atoms with Crippen LogP contribution in [-0.4, -0.2) is 133 Å². The molecule has 0 radical (unpaired) electrons. The van der Waals surface area contributed by atoms with E-state index in [4.69, 9.17) is 28.7 Å². The molecule has 2 saturated heterocycles. The van der Waals surface area contributed by atoms with Gasteiger partial charge in [-0.05, 0) is 6.42 Å². The lowest BCUT2D eigenvalue weighted by Gasteiger charge is -2.43. The summed E-state index contributed by atoms with van der Waals surface area (Å²) in [6.45, 7) is -2.25. The van der Waals surface area contributed by atoms with Gasteiger partial charge in [-0.2, -0.15) is 0 Å². The summed E-state index contributed by atoms with van der Waals surface area (Å²) >= 11 is 0. The quantitative estimate of drug-likeness (QED) is 0.109. The zero-order valence-corrected chi connectivity index (χ0v) is 16.8. The van der Waals surface area contributed by atoms with E-state index >= 15 is 0 Å². The van der Waals surface area contributed by atoms with Crippen LogP contribution >= 0.6 is 7.60 Å². The average Bonchev–Trinajstić information content (AvgIpc) is 2.92. The number of aliphatic hydroxyl groups is 7. The molecular formula is C15H29O14P. The second-order valence-corrected chi connectivity index (χ2v) is 8.97. The summed E-state index contributed by atoms with van der Waals surface area (Å²) in [5.41, 5.74) is 0. The molecule has 15 heteroatoms. The van der Waals surface area contributed by atoms with Gasteiger partial charge in [-0.1, -0.05) is 0 Å². The van der Waals surface area contributed by atoms with Crippen LogP contribution in [-0.2, 0) is 23.5 Å². The molecule has 0 amide bonds. The Kier molecular flexibility index (Phi) is 9.13. The first-order valence-electron chi connectivity index (χ1n) is 9.21. The fourth-order valence-corrected chi connectivity index (χ4v) is 3.74. The molecule has 30 heavy (non-hydrogen) atoms. The second kappa shape index (κ2) is 10.6. The Hall–Kier alpha value is -0.290. The number of rotatable bonds is 10. The van der Waals surface area contributed by atoms with E-state index in [0.717, 1.165) is 0 Å². The van der Waals surface area contributed by atoms with Crippen molar-refractivity contribution in [3.63, 3.8) is 0 Å². The molecule has 0 aromatic carbocycles. The lowest BCUT2D eigenvalue weighted by molar-refractivity contribution is -0.385. The lowest BCUT2D eigenvalue weighted by atomic mass is 9.99. The summed E-state index contributed by atoms with van der Waals surface area (Å²) in [6.07, 6.45) is -13.6. The summed E-state index contributed by atoms with van der Waals surface area (Å²) in [6, 6.07) is 0. The Balaban J connectivity index is 2.13. The maximum Gasteiger partial charge on any atom is 0.325 e. The van der Waals surface area contributed by atoms with Gasteiger partial charge in [-0.3, -0.25) is 4.57 Å². The summed E-state index contributed by atoms with van der Waals surface area (Å²) in [5, 5.41) is 69.0. The standard InChI is InChI=1S/C15H29O14P/c16-4-7-9(18)11(20)12(21)14(27-7)29-15(6-26-2-1-3-30(23,24)25)13(22)10(19)8(5-17)28-15/h7-14,16-22H,1-6H2,(H2,23,24,25)/t7-,8-,9-,10-,11+,12-,13+,14-,15+/m1/s1. The minimum absolute atomic E-state index is 0.0531. The maximum absolute atomic E-state index is 10.9. The molecule has 0 aromatic heterocycles. The van der Waals surface area contributed by atoms with Crippen LogP contribution in [0.1, 0.15) is 6.42 Å². The predicted octanol–water partition coefficient (Wildman–Crippen LogP) is -4.80. The van der Waals surface area contributed by atoms with Crippen LogP contribution in [0.2, 0.25) is 0 Å². The third-order valence-electron chi connectivity index (χ3n) is 4.89. The molecule has 178 valence electrons. The molecule has 2 rings (SSSR count). The van der Waals surface area contributed by atoms with Crippen LogP contribution in [0.4, 0.5) is 0 Å². The predicted molar refractivity (Wildman–Crippen MR) is 93.9 cm³/mol. The maximum atomic E-state index is 10.9. The molecule has 9 atom stereocenters. The molecular weight excluding hydrogens is 435 g/mol. The van der Waals surface area contributed by atoms with Gasteiger partial charge in [0, 0.05) is 6.61 Å². The summed E-state index contributed by atoms with van der Waals surface area (Å²) in [5.74, 6) is -2.21. The van der Waals surface area contributed by atoms with Crippen LogP contribution < -0.4 is 0 Å². The third-order valence-corrected chi connectivity index (χ3v) is 5.79. The van der Waals surface area contributed by atoms with E-state index in [9.17, 15) is 40.3 Å². The first-order valence-corrected chi connectivity index (χ1v) is 11.0. The number of hydrogen-bond acceptors (Lipinski definition) is 12. The largest absolute Gasteiger partial charge is 0.394 e. The van der Waals surface area contributed by atoms with Gasteiger partial charge in [0.2, 0.25) is 5.79 Å². The molecule has 2 fully saturated rings.